The monoisotopic (exact) mass is 825 g/mol. The van der Waals surface area contributed by atoms with Crippen LogP contribution in [0.3, 0.4) is 0 Å². The highest BCUT2D eigenvalue weighted by atomic mass is 16.6. The van der Waals surface area contributed by atoms with Gasteiger partial charge < -0.3 is 14.2 Å². The number of unbranched alkanes of at least 4 members (excludes halogenated alkanes) is 23. The zero-order chi connectivity index (χ0) is 43.0. The number of carbonyl (C=O) groups is 3. The van der Waals surface area contributed by atoms with Crippen molar-refractivity contribution in [1.29, 1.82) is 0 Å². The summed E-state index contributed by atoms with van der Waals surface area (Å²) in [5.41, 5.74) is 0. The van der Waals surface area contributed by atoms with E-state index in [1.807, 2.05) is 12.2 Å². The van der Waals surface area contributed by atoms with Crippen molar-refractivity contribution in [3.8, 4) is 0 Å². The molecule has 0 saturated heterocycles. The molecule has 0 heterocycles. The molecular formula is C53H92O6. The Hall–Kier alpha value is -2.89. The number of allylic oxidation sites excluding steroid dienone is 10. The van der Waals surface area contributed by atoms with Crippen molar-refractivity contribution < 1.29 is 28.6 Å². The minimum Gasteiger partial charge on any atom is -0.462 e. The summed E-state index contributed by atoms with van der Waals surface area (Å²) in [6, 6.07) is 0. The maximum Gasteiger partial charge on any atom is 0.306 e. The van der Waals surface area contributed by atoms with Gasteiger partial charge in [-0.25, -0.2) is 0 Å². The molecule has 0 fully saturated rings. The molecule has 6 nitrogen and oxygen atoms in total. The lowest BCUT2D eigenvalue weighted by atomic mass is 10.1. The van der Waals surface area contributed by atoms with E-state index in [-0.39, 0.29) is 37.5 Å². The minimum absolute atomic E-state index is 0.102. The summed E-state index contributed by atoms with van der Waals surface area (Å²) in [5, 5.41) is 0. The van der Waals surface area contributed by atoms with Crippen LogP contribution in [0.5, 0.6) is 0 Å². The Morgan fingerprint density at radius 3 is 1.10 bits per heavy atom. The van der Waals surface area contributed by atoms with Crippen LogP contribution in [-0.2, 0) is 28.6 Å². The van der Waals surface area contributed by atoms with Crippen LogP contribution in [0, 0.1) is 0 Å². The van der Waals surface area contributed by atoms with E-state index < -0.39 is 6.10 Å². The van der Waals surface area contributed by atoms with E-state index in [2.05, 4.69) is 69.4 Å². The molecule has 0 aromatic rings. The summed E-state index contributed by atoms with van der Waals surface area (Å²) in [5.74, 6) is -0.988. The zero-order valence-electron chi connectivity index (χ0n) is 38.8. The third kappa shape index (κ3) is 46.0. The van der Waals surface area contributed by atoms with Gasteiger partial charge >= 0.3 is 17.9 Å². The number of ether oxygens (including phenoxy) is 3. The predicted octanol–water partition coefficient (Wildman–Crippen LogP) is 16.1. The van der Waals surface area contributed by atoms with E-state index in [0.717, 1.165) is 64.2 Å². The molecule has 0 bridgehead atoms. The number of esters is 3. The van der Waals surface area contributed by atoms with Crippen LogP contribution in [0.15, 0.2) is 60.8 Å². The molecule has 0 N–H and O–H groups in total. The van der Waals surface area contributed by atoms with Gasteiger partial charge in [-0.1, -0.05) is 210 Å². The van der Waals surface area contributed by atoms with Gasteiger partial charge in [0.2, 0.25) is 0 Å². The highest BCUT2D eigenvalue weighted by molar-refractivity contribution is 5.71. The Morgan fingerprint density at radius 2 is 0.695 bits per heavy atom. The quantitative estimate of drug-likeness (QED) is 0.0263. The first kappa shape index (κ1) is 56.1. The Bertz CT molecular complexity index is 1090. The van der Waals surface area contributed by atoms with Gasteiger partial charge in [0.05, 0.1) is 0 Å². The summed E-state index contributed by atoms with van der Waals surface area (Å²) in [7, 11) is 0. The van der Waals surface area contributed by atoms with E-state index >= 15 is 0 Å². The molecule has 0 aromatic carbocycles. The molecule has 0 radical (unpaired) electrons. The second-order valence-electron chi connectivity index (χ2n) is 16.3. The number of carbonyl (C=O) groups excluding carboxylic acids is 3. The first-order valence-corrected chi connectivity index (χ1v) is 24.8. The predicted molar refractivity (Wildman–Crippen MR) is 251 cm³/mol. The number of hydrogen-bond donors (Lipinski definition) is 0. The van der Waals surface area contributed by atoms with Crippen LogP contribution >= 0.6 is 0 Å². The second kappa shape index (κ2) is 47.8. The topological polar surface area (TPSA) is 78.9 Å². The molecule has 59 heavy (non-hydrogen) atoms. The van der Waals surface area contributed by atoms with Crippen molar-refractivity contribution in [2.45, 2.75) is 245 Å². The lowest BCUT2D eigenvalue weighted by Gasteiger charge is -2.18. The lowest BCUT2D eigenvalue weighted by molar-refractivity contribution is -0.166. The van der Waals surface area contributed by atoms with Crippen molar-refractivity contribution in [3.63, 3.8) is 0 Å². The highest BCUT2D eigenvalue weighted by Crippen LogP contribution is 2.14. The van der Waals surface area contributed by atoms with Gasteiger partial charge in [-0.2, -0.15) is 0 Å². The standard InChI is InChI=1S/C53H92O6/c1-4-7-10-13-16-19-22-24-25-26-27-29-31-34-37-40-43-46-52(55)58-49-50(48-57-51(54)45-42-39-36-33-30-21-18-15-12-9-6-3)59-53(56)47-44-41-38-35-32-28-23-20-17-14-11-8-5-2/h8,11,17,20,24-25,28,32,38,41,50H,4-7,9-10,12-16,18-19,21-23,26-27,29-31,33-37,39-40,42-49H2,1-3H3/b11-8-,20-17-,25-24-,32-28-,41-38-. The lowest BCUT2D eigenvalue weighted by Crippen LogP contribution is -2.30. The van der Waals surface area contributed by atoms with Gasteiger partial charge in [-0.05, 0) is 70.6 Å². The van der Waals surface area contributed by atoms with Crippen LogP contribution in [0.4, 0.5) is 0 Å². The van der Waals surface area contributed by atoms with E-state index in [1.165, 1.54) is 128 Å². The van der Waals surface area contributed by atoms with Crippen LogP contribution in [0.2, 0.25) is 0 Å². The molecule has 1 unspecified atom stereocenters. The molecule has 0 aliphatic carbocycles. The van der Waals surface area contributed by atoms with Crippen molar-refractivity contribution in [1.82, 2.24) is 0 Å². The molecule has 0 aliphatic heterocycles. The van der Waals surface area contributed by atoms with Gasteiger partial charge in [-0.3, -0.25) is 14.4 Å². The van der Waals surface area contributed by atoms with Crippen LogP contribution < -0.4 is 0 Å². The van der Waals surface area contributed by atoms with Gasteiger partial charge in [0, 0.05) is 19.3 Å². The largest absolute Gasteiger partial charge is 0.462 e. The SMILES string of the molecule is CC/C=C\C/C=C\C/C=C\C/C=C\CCC(=O)OC(COC(=O)CCCCCCCCC/C=C\CCCCCCCC)COC(=O)CCCCCCCCCCCCC. The second-order valence-corrected chi connectivity index (χ2v) is 16.3. The van der Waals surface area contributed by atoms with Crippen molar-refractivity contribution in [2.75, 3.05) is 13.2 Å². The molecule has 0 aliphatic rings. The molecule has 0 amide bonds. The molecule has 340 valence electrons. The summed E-state index contributed by atoms with van der Waals surface area (Å²) >= 11 is 0. The summed E-state index contributed by atoms with van der Waals surface area (Å²) < 4.78 is 16.7. The molecule has 0 saturated carbocycles. The van der Waals surface area contributed by atoms with Gasteiger partial charge in [0.25, 0.3) is 0 Å². The first-order chi connectivity index (χ1) is 29.0. The smallest absolute Gasteiger partial charge is 0.306 e. The van der Waals surface area contributed by atoms with E-state index in [4.69, 9.17) is 14.2 Å². The van der Waals surface area contributed by atoms with Crippen molar-refractivity contribution in [2.24, 2.45) is 0 Å². The third-order valence-electron chi connectivity index (χ3n) is 10.5. The first-order valence-electron chi connectivity index (χ1n) is 24.8. The fourth-order valence-corrected chi connectivity index (χ4v) is 6.80. The average Bonchev–Trinajstić information content (AvgIpc) is 3.23. The maximum absolute atomic E-state index is 12.7. The van der Waals surface area contributed by atoms with Crippen molar-refractivity contribution >= 4 is 17.9 Å². The number of rotatable bonds is 44. The Morgan fingerprint density at radius 1 is 0.356 bits per heavy atom. The Balaban J connectivity index is 4.43. The number of hydrogen-bond acceptors (Lipinski definition) is 6. The fourth-order valence-electron chi connectivity index (χ4n) is 6.80. The van der Waals surface area contributed by atoms with E-state index in [0.29, 0.717) is 19.3 Å². The van der Waals surface area contributed by atoms with Gasteiger partial charge in [-0.15, -0.1) is 0 Å². The summed E-state index contributed by atoms with van der Waals surface area (Å²) in [4.78, 5) is 37.8. The third-order valence-corrected chi connectivity index (χ3v) is 10.5. The van der Waals surface area contributed by atoms with Gasteiger partial charge in [0.15, 0.2) is 6.10 Å². The minimum atomic E-state index is -0.810. The average molecular weight is 825 g/mol. The summed E-state index contributed by atoms with van der Waals surface area (Å²) in [6.07, 6.45) is 57.9. The van der Waals surface area contributed by atoms with Gasteiger partial charge in [0.1, 0.15) is 13.2 Å². The van der Waals surface area contributed by atoms with Crippen LogP contribution in [0.25, 0.3) is 0 Å². The van der Waals surface area contributed by atoms with E-state index in [9.17, 15) is 14.4 Å². The fraction of sp³-hybridized carbons (Fsp3) is 0.755. The van der Waals surface area contributed by atoms with Crippen molar-refractivity contribution in [3.05, 3.63) is 60.8 Å². The molecule has 1 atom stereocenters. The highest BCUT2D eigenvalue weighted by Gasteiger charge is 2.19. The van der Waals surface area contributed by atoms with E-state index in [1.54, 1.807) is 0 Å². The molecule has 6 heteroatoms. The molecule has 0 aromatic heterocycles. The normalized spacial score (nSPS) is 12.5. The molecular weight excluding hydrogens is 733 g/mol. The summed E-state index contributed by atoms with van der Waals surface area (Å²) in [6.45, 7) is 6.44. The van der Waals surface area contributed by atoms with Crippen LogP contribution in [-0.4, -0.2) is 37.2 Å². The zero-order valence-corrected chi connectivity index (χ0v) is 38.8. The molecule has 0 rings (SSSR count). The Kier molecular flexibility index (Phi) is 45.4. The Labute approximate surface area is 364 Å². The maximum atomic E-state index is 12.7. The molecule has 0 spiro atoms. The van der Waals surface area contributed by atoms with Crippen LogP contribution in [0.1, 0.15) is 239 Å².